The number of rotatable bonds is 11. The second-order valence-corrected chi connectivity index (χ2v) is 5.11. The van der Waals surface area contributed by atoms with Crippen LogP contribution in [-0.4, -0.2) is 23.9 Å². The molecule has 126 valence electrons. The first-order valence-electron chi connectivity index (χ1n) is 7.96. The van der Waals surface area contributed by atoms with E-state index in [0.29, 0.717) is 12.8 Å². The lowest BCUT2D eigenvalue weighted by atomic mass is 10.2. The lowest BCUT2D eigenvalue weighted by molar-refractivity contribution is -0.165. The molecule has 0 N–H and O–H groups in total. The molecule has 0 atom stereocenters. The van der Waals surface area contributed by atoms with Gasteiger partial charge in [-0.3, -0.25) is 19.2 Å². The smallest absolute Gasteiger partial charge is 0.314 e. The van der Waals surface area contributed by atoms with Crippen molar-refractivity contribution < 1.29 is 28.7 Å². The minimum Gasteiger partial charge on any atom is -0.393 e. The first-order chi connectivity index (χ1) is 10.5. The van der Waals surface area contributed by atoms with Gasteiger partial charge in [0.25, 0.3) is 0 Å². The summed E-state index contributed by atoms with van der Waals surface area (Å²) in [5.74, 6) is -2.70. The SMILES string of the molecule is CCCCCC(=O)OC(=O)CCC(=O)OC(=O)CCCCC. The third-order valence-electron chi connectivity index (χ3n) is 2.96. The van der Waals surface area contributed by atoms with Crippen LogP contribution in [0, 0.1) is 0 Å². The standard InChI is InChI=1S/C16H26O6/c1-3-5-7-9-13(17)21-15(19)11-12-16(20)22-14(18)10-8-6-4-2/h3-12H2,1-2H3. The largest absolute Gasteiger partial charge is 0.393 e. The van der Waals surface area contributed by atoms with Crippen molar-refractivity contribution in [2.75, 3.05) is 0 Å². The van der Waals surface area contributed by atoms with Crippen LogP contribution in [0.25, 0.3) is 0 Å². The summed E-state index contributed by atoms with van der Waals surface area (Å²) in [6.45, 7) is 4.01. The summed E-state index contributed by atoms with van der Waals surface area (Å²) in [6.07, 6.45) is 4.96. The summed E-state index contributed by atoms with van der Waals surface area (Å²) < 4.78 is 9.12. The maximum atomic E-state index is 11.4. The molecular formula is C16H26O6. The van der Waals surface area contributed by atoms with Gasteiger partial charge in [0.15, 0.2) is 0 Å². The van der Waals surface area contributed by atoms with Gasteiger partial charge in [0.1, 0.15) is 0 Å². The number of hydrogen-bond acceptors (Lipinski definition) is 6. The van der Waals surface area contributed by atoms with E-state index in [1.54, 1.807) is 0 Å². The molecule has 0 aliphatic carbocycles. The molecule has 0 radical (unpaired) electrons. The summed E-state index contributed by atoms with van der Waals surface area (Å²) in [5.41, 5.74) is 0. The van der Waals surface area contributed by atoms with E-state index < -0.39 is 23.9 Å². The van der Waals surface area contributed by atoms with Crippen LogP contribution in [0.15, 0.2) is 0 Å². The van der Waals surface area contributed by atoms with Crippen molar-refractivity contribution in [2.24, 2.45) is 0 Å². The van der Waals surface area contributed by atoms with E-state index in [-0.39, 0.29) is 25.7 Å². The molecule has 22 heavy (non-hydrogen) atoms. The summed E-state index contributed by atoms with van der Waals surface area (Å²) >= 11 is 0. The Hall–Kier alpha value is -1.72. The highest BCUT2D eigenvalue weighted by molar-refractivity contribution is 5.89. The number of hydrogen-bond donors (Lipinski definition) is 0. The van der Waals surface area contributed by atoms with Crippen LogP contribution in [0.2, 0.25) is 0 Å². The van der Waals surface area contributed by atoms with Crippen LogP contribution in [-0.2, 0) is 28.7 Å². The lowest BCUT2D eigenvalue weighted by Gasteiger charge is -2.04. The molecule has 0 heterocycles. The first-order valence-corrected chi connectivity index (χ1v) is 7.96. The Morgan fingerprint density at radius 3 is 1.18 bits per heavy atom. The molecule has 0 bridgehead atoms. The van der Waals surface area contributed by atoms with E-state index in [1.807, 2.05) is 13.8 Å². The van der Waals surface area contributed by atoms with Crippen molar-refractivity contribution in [1.29, 1.82) is 0 Å². The molecule has 0 aromatic carbocycles. The van der Waals surface area contributed by atoms with Crippen molar-refractivity contribution >= 4 is 23.9 Å². The minimum absolute atomic E-state index is 0.194. The van der Waals surface area contributed by atoms with Gasteiger partial charge in [-0.25, -0.2) is 0 Å². The van der Waals surface area contributed by atoms with Crippen LogP contribution in [0.1, 0.15) is 78.1 Å². The molecule has 0 aliphatic heterocycles. The normalized spacial score (nSPS) is 10.1. The summed E-state index contributed by atoms with van der Waals surface area (Å²) in [4.78, 5) is 45.3. The Labute approximate surface area is 131 Å². The first kappa shape index (κ1) is 20.3. The predicted octanol–water partition coefficient (Wildman–Crippen LogP) is 3.07. The molecule has 0 rings (SSSR count). The predicted molar refractivity (Wildman–Crippen MR) is 79.7 cm³/mol. The zero-order valence-electron chi connectivity index (χ0n) is 13.5. The van der Waals surface area contributed by atoms with Gasteiger partial charge in [-0.1, -0.05) is 39.5 Å². The molecular weight excluding hydrogens is 288 g/mol. The minimum atomic E-state index is -0.767. The summed E-state index contributed by atoms with van der Waals surface area (Å²) in [5, 5.41) is 0. The van der Waals surface area contributed by atoms with Gasteiger partial charge in [0, 0.05) is 12.8 Å². The second-order valence-electron chi connectivity index (χ2n) is 5.11. The Balaban J connectivity index is 3.78. The Bertz CT molecular complexity index is 339. The topological polar surface area (TPSA) is 86.7 Å². The Morgan fingerprint density at radius 2 is 0.864 bits per heavy atom. The van der Waals surface area contributed by atoms with Gasteiger partial charge < -0.3 is 9.47 Å². The van der Waals surface area contributed by atoms with Crippen molar-refractivity contribution in [1.82, 2.24) is 0 Å². The molecule has 0 aromatic rings. The van der Waals surface area contributed by atoms with Crippen molar-refractivity contribution in [3.8, 4) is 0 Å². The highest BCUT2D eigenvalue weighted by Crippen LogP contribution is 2.04. The third-order valence-corrected chi connectivity index (χ3v) is 2.96. The second kappa shape index (κ2) is 13.0. The molecule has 0 saturated carbocycles. The fraction of sp³-hybridized carbons (Fsp3) is 0.750. The Kier molecular flexibility index (Phi) is 12.0. The van der Waals surface area contributed by atoms with E-state index in [9.17, 15) is 19.2 Å². The van der Waals surface area contributed by atoms with Crippen molar-refractivity contribution in [2.45, 2.75) is 78.1 Å². The number of esters is 4. The quantitative estimate of drug-likeness (QED) is 0.331. The van der Waals surface area contributed by atoms with Crippen LogP contribution in [0.5, 0.6) is 0 Å². The number of unbranched alkanes of at least 4 members (excludes halogenated alkanes) is 4. The number of carbonyl (C=O) groups is 4. The zero-order valence-corrected chi connectivity index (χ0v) is 13.5. The van der Waals surface area contributed by atoms with Gasteiger partial charge >= 0.3 is 23.9 Å². The fourth-order valence-electron chi connectivity index (χ4n) is 1.70. The van der Waals surface area contributed by atoms with E-state index in [0.717, 1.165) is 25.7 Å². The van der Waals surface area contributed by atoms with Crippen LogP contribution in [0.4, 0.5) is 0 Å². The molecule has 0 spiro atoms. The highest BCUT2D eigenvalue weighted by atomic mass is 16.6. The molecule has 0 unspecified atom stereocenters. The lowest BCUT2D eigenvalue weighted by Crippen LogP contribution is -2.16. The summed E-state index contributed by atoms with van der Waals surface area (Å²) in [7, 11) is 0. The van der Waals surface area contributed by atoms with Gasteiger partial charge in [0.2, 0.25) is 0 Å². The zero-order chi connectivity index (χ0) is 16.8. The molecule has 0 fully saturated rings. The molecule has 0 aliphatic rings. The molecule has 6 heteroatoms. The van der Waals surface area contributed by atoms with Gasteiger partial charge in [0.05, 0.1) is 12.8 Å². The van der Waals surface area contributed by atoms with Crippen LogP contribution >= 0.6 is 0 Å². The average molecular weight is 314 g/mol. The van der Waals surface area contributed by atoms with Gasteiger partial charge in [-0.15, -0.1) is 0 Å². The number of carbonyl (C=O) groups excluding carboxylic acids is 4. The van der Waals surface area contributed by atoms with Crippen LogP contribution < -0.4 is 0 Å². The van der Waals surface area contributed by atoms with Gasteiger partial charge in [-0.2, -0.15) is 0 Å². The molecule has 0 amide bonds. The Morgan fingerprint density at radius 1 is 0.545 bits per heavy atom. The maximum Gasteiger partial charge on any atom is 0.314 e. The average Bonchev–Trinajstić information content (AvgIpc) is 2.45. The van der Waals surface area contributed by atoms with Gasteiger partial charge in [-0.05, 0) is 12.8 Å². The van der Waals surface area contributed by atoms with Crippen molar-refractivity contribution in [3.05, 3.63) is 0 Å². The molecule has 0 saturated heterocycles. The van der Waals surface area contributed by atoms with Crippen molar-refractivity contribution in [3.63, 3.8) is 0 Å². The number of ether oxygens (including phenoxy) is 2. The molecule has 6 nitrogen and oxygen atoms in total. The fourth-order valence-corrected chi connectivity index (χ4v) is 1.70. The van der Waals surface area contributed by atoms with E-state index in [2.05, 4.69) is 9.47 Å². The third kappa shape index (κ3) is 12.1. The molecule has 0 aromatic heterocycles. The van der Waals surface area contributed by atoms with E-state index in [4.69, 9.17) is 0 Å². The summed E-state index contributed by atoms with van der Waals surface area (Å²) in [6, 6.07) is 0. The monoisotopic (exact) mass is 314 g/mol. The maximum absolute atomic E-state index is 11.4. The van der Waals surface area contributed by atoms with E-state index in [1.165, 1.54) is 0 Å². The van der Waals surface area contributed by atoms with Crippen LogP contribution in [0.3, 0.4) is 0 Å². The highest BCUT2D eigenvalue weighted by Gasteiger charge is 2.15. The van der Waals surface area contributed by atoms with E-state index >= 15 is 0 Å².